The Bertz CT molecular complexity index is 601. The molecule has 0 atom stereocenters. The van der Waals surface area contributed by atoms with Crippen LogP contribution in [0.2, 0.25) is 0 Å². The Hall–Kier alpha value is -1.14. The van der Waals surface area contributed by atoms with Gasteiger partial charge >= 0.3 is 0 Å². The third kappa shape index (κ3) is 4.68. The maximum Gasteiger partial charge on any atom is 0.167 e. The van der Waals surface area contributed by atoms with Gasteiger partial charge in [0.05, 0.1) is 3.57 Å². The Morgan fingerprint density at radius 1 is 1.14 bits per heavy atom. The summed E-state index contributed by atoms with van der Waals surface area (Å²) < 4.78 is 20.9. The quantitative estimate of drug-likeness (QED) is 0.693. The summed E-state index contributed by atoms with van der Waals surface area (Å²) >= 11 is 2.18. The molecular formula is C17H19FINO. The smallest absolute Gasteiger partial charge is 0.167 e. The van der Waals surface area contributed by atoms with Crippen molar-refractivity contribution in [1.82, 2.24) is 5.32 Å². The summed E-state index contributed by atoms with van der Waals surface area (Å²) in [4.78, 5) is 0. The normalized spacial score (nSPS) is 10.9. The van der Waals surface area contributed by atoms with Gasteiger partial charge in [0.2, 0.25) is 0 Å². The molecule has 2 aromatic carbocycles. The van der Waals surface area contributed by atoms with Gasteiger partial charge in [-0.15, -0.1) is 0 Å². The lowest BCUT2D eigenvalue weighted by molar-refractivity contribution is 0.429. The summed E-state index contributed by atoms with van der Waals surface area (Å²) in [6.45, 7) is 5.76. The number of halogens is 2. The van der Waals surface area contributed by atoms with E-state index in [-0.39, 0.29) is 5.82 Å². The highest BCUT2D eigenvalue weighted by molar-refractivity contribution is 14.1. The molecule has 0 fully saturated rings. The molecule has 0 bridgehead atoms. The van der Waals surface area contributed by atoms with Crippen molar-refractivity contribution in [1.29, 1.82) is 0 Å². The van der Waals surface area contributed by atoms with Gasteiger partial charge in [0.15, 0.2) is 11.6 Å². The zero-order valence-corrected chi connectivity index (χ0v) is 14.4. The van der Waals surface area contributed by atoms with Crippen molar-refractivity contribution in [3.63, 3.8) is 0 Å². The first-order chi connectivity index (χ1) is 10.1. The van der Waals surface area contributed by atoms with Gasteiger partial charge in [-0.25, -0.2) is 4.39 Å². The molecule has 0 spiro atoms. The first-order valence-corrected chi connectivity index (χ1v) is 8.06. The number of hydrogen-bond donors (Lipinski definition) is 1. The van der Waals surface area contributed by atoms with E-state index >= 15 is 0 Å². The maximum atomic E-state index is 14.1. The Labute approximate surface area is 138 Å². The van der Waals surface area contributed by atoms with Crippen molar-refractivity contribution in [2.24, 2.45) is 5.92 Å². The summed E-state index contributed by atoms with van der Waals surface area (Å²) in [6.07, 6.45) is 0. The van der Waals surface area contributed by atoms with Crippen molar-refractivity contribution in [3.8, 4) is 11.5 Å². The van der Waals surface area contributed by atoms with E-state index in [0.717, 1.165) is 15.7 Å². The molecular weight excluding hydrogens is 380 g/mol. The standard InChI is InChI=1S/C17H19FINO/c1-12(2)10-20-11-13-6-5-7-14(18)17(13)21-16-9-4-3-8-15(16)19/h3-9,12,20H,10-11H2,1-2H3. The van der Waals surface area contributed by atoms with Gasteiger partial charge in [-0.05, 0) is 53.3 Å². The molecule has 0 heterocycles. The van der Waals surface area contributed by atoms with Crippen molar-refractivity contribution >= 4 is 22.6 Å². The SMILES string of the molecule is CC(C)CNCc1cccc(F)c1Oc1ccccc1I. The van der Waals surface area contributed by atoms with Gasteiger partial charge in [-0.2, -0.15) is 0 Å². The fourth-order valence-corrected chi connectivity index (χ4v) is 2.44. The predicted octanol–water partition coefficient (Wildman–Crippen LogP) is 4.97. The van der Waals surface area contributed by atoms with E-state index in [9.17, 15) is 4.39 Å². The molecule has 0 aromatic heterocycles. The van der Waals surface area contributed by atoms with Gasteiger partial charge in [-0.1, -0.05) is 38.1 Å². The Kier molecular flexibility index (Phi) is 5.99. The molecule has 0 saturated heterocycles. The topological polar surface area (TPSA) is 21.3 Å². The molecule has 2 rings (SSSR count). The third-order valence-electron chi connectivity index (χ3n) is 2.97. The van der Waals surface area contributed by atoms with E-state index in [1.807, 2.05) is 30.3 Å². The summed E-state index contributed by atoms with van der Waals surface area (Å²) in [7, 11) is 0. The van der Waals surface area contributed by atoms with E-state index < -0.39 is 0 Å². The maximum absolute atomic E-state index is 14.1. The van der Waals surface area contributed by atoms with Crippen molar-refractivity contribution in [2.75, 3.05) is 6.54 Å². The minimum absolute atomic E-state index is 0.304. The highest BCUT2D eigenvalue weighted by Crippen LogP contribution is 2.31. The average molecular weight is 399 g/mol. The molecule has 112 valence electrons. The summed E-state index contributed by atoms with van der Waals surface area (Å²) in [5, 5.41) is 3.32. The summed E-state index contributed by atoms with van der Waals surface area (Å²) in [6, 6.07) is 12.6. The summed E-state index contributed by atoms with van der Waals surface area (Å²) in [5.74, 6) is 1.20. The van der Waals surface area contributed by atoms with Crippen LogP contribution in [0.25, 0.3) is 0 Å². The minimum Gasteiger partial charge on any atom is -0.453 e. The fraction of sp³-hybridized carbons (Fsp3) is 0.294. The second-order valence-corrected chi connectivity index (χ2v) is 6.45. The van der Waals surface area contributed by atoms with E-state index in [1.165, 1.54) is 6.07 Å². The number of ether oxygens (including phenoxy) is 1. The van der Waals surface area contributed by atoms with Crippen molar-refractivity contribution < 1.29 is 9.13 Å². The zero-order chi connectivity index (χ0) is 15.2. The molecule has 21 heavy (non-hydrogen) atoms. The Balaban J connectivity index is 2.20. The van der Waals surface area contributed by atoms with Gasteiger partial charge in [0, 0.05) is 12.1 Å². The van der Waals surface area contributed by atoms with E-state index in [4.69, 9.17) is 4.74 Å². The number of para-hydroxylation sites is 2. The van der Waals surface area contributed by atoms with Gasteiger partial charge in [0.25, 0.3) is 0 Å². The van der Waals surface area contributed by atoms with E-state index in [2.05, 4.69) is 41.8 Å². The van der Waals surface area contributed by atoms with Gasteiger partial charge in [0.1, 0.15) is 5.75 Å². The molecule has 0 unspecified atom stereocenters. The lowest BCUT2D eigenvalue weighted by Crippen LogP contribution is -2.19. The van der Waals surface area contributed by atoms with Crippen LogP contribution in [-0.2, 0) is 6.54 Å². The van der Waals surface area contributed by atoms with Crippen LogP contribution >= 0.6 is 22.6 Å². The molecule has 0 aliphatic rings. The lowest BCUT2D eigenvalue weighted by Gasteiger charge is -2.14. The molecule has 0 amide bonds. The second-order valence-electron chi connectivity index (χ2n) is 5.29. The Morgan fingerprint density at radius 3 is 2.62 bits per heavy atom. The van der Waals surface area contributed by atoms with Crippen LogP contribution in [0.15, 0.2) is 42.5 Å². The number of benzene rings is 2. The lowest BCUT2D eigenvalue weighted by atomic mass is 10.1. The zero-order valence-electron chi connectivity index (χ0n) is 12.2. The summed E-state index contributed by atoms with van der Waals surface area (Å²) in [5.41, 5.74) is 0.829. The van der Waals surface area contributed by atoms with Crippen LogP contribution in [0, 0.1) is 15.3 Å². The fourth-order valence-electron chi connectivity index (χ4n) is 1.94. The molecule has 4 heteroatoms. The number of rotatable bonds is 6. The number of hydrogen-bond acceptors (Lipinski definition) is 2. The molecule has 2 aromatic rings. The van der Waals surface area contributed by atoms with Crippen LogP contribution in [0.1, 0.15) is 19.4 Å². The monoisotopic (exact) mass is 399 g/mol. The van der Waals surface area contributed by atoms with Crippen LogP contribution in [-0.4, -0.2) is 6.54 Å². The van der Waals surface area contributed by atoms with Crippen LogP contribution in [0.4, 0.5) is 4.39 Å². The van der Waals surface area contributed by atoms with Crippen molar-refractivity contribution in [3.05, 3.63) is 57.4 Å². The van der Waals surface area contributed by atoms with Crippen molar-refractivity contribution in [2.45, 2.75) is 20.4 Å². The third-order valence-corrected chi connectivity index (χ3v) is 3.86. The van der Waals surface area contributed by atoms with Crippen LogP contribution in [0.5, 0.6) is 11.5 Å². The molecule has 1 N–H and O–H groups in total. The van der Waals surface area contributed by atoms with Gasteiger partial charge in [-0.3, -0.25) is 0 Å². The highest BCUT2D eigenvalue weighted by Gasteiger charge is 2.12. The van der Waals surface area contributed by atoms with Crippen LogP contribution in [0.3, 0.4) is 0 Å². The molecule has 0 saturated carbocycles. The highest BCUT2D eigenvalue weighted by atomic mass is 127. The average Bonchev–Trinajstić information content (AvgIpc) is 2.44. The number of nitrogens with one attached hydrogen (secondary N) is 1. The first-order valence-electron chi connectivity index (χ1n) is 6.98. The largest absolute Gasteiger partial charge is 0.453 e. The first kappa shape index (κ1) is 16.2. The van der Waals surface area contributed by atoms with E-state index in [0.29, 0.717) is 24.0 Å². The van der Waals surface area contributed by atoms with E-state index in [1.54, 1.807) is 6.07 Å². The minimum atomic E-state index is -0.335. The molecule has 0 aliphatic heterocycles. The molecule has 2 nitrogen and oxygen atoms in total. The second kappa shape index (κ2) is 7.75. The molecule has 0 radical (unpaired) electrons. The van der Waals surface area contributed by atoms with Gasteiger partial charge < -0.3 is 10.1 Å². The Morgan fingerprint density at radius 2 is 1.90 bits per heavy atom. The predicted molar refractivity (Wildman–Crippen MR) is 92.2 cm³/mol. The van der Waals surface area contributed by atoms with Crippen LogP contribution < -0.4 is 10.1 Å². The molecule has 0 aliphatic carbocycles.